The van der Waals surface area contributed by atoms with E-state index in [1.165, 1.54) is 0 Å². The number of hydrogen-bond acceptors (Lipinski definition) is 3. The van der Waals surface area contributed by atoms with Gasteiger partial charge in [-0.05, 0) is 18.6 Å². The van der Waals surface area contributed by atoms with Gasteiger partial charge in [0.1, 0.15) is 0 Å². The van der Waals surface area contributed by atoms with Crippen molar-refractivity contribution in [2.24, 2.45) is 0 Å². The van der Waals surface area contributed by atoms with E-state index in [0.717, 1.165) is 49.3 Å². The highest BCUT2D eigenvalue weighted by Crippen LogP contribution is 2.45. The number of rotatable bonds is 1. The number of allylic oxidation sites excluding steroid dienone is 2. The van der Waals surface area contributed by atoms with Crippen LogP contribution in [0.2, 0.25) is 0 Å². The molecule has 2 aliphatic rings. The Morgan fingerprint density at radius 3 is 2.26 bits per heavy atom. The fourth-order valence-electron chi connectivity index (χ4n) is 5.30. The molecule has 6 heteroatoms. The van der Waals surface area contributed by atoms with Crippen molar-refractivity contribution in [2.75, 3.05) is 0 Å². The quantitative estimate of drug-likeness (QED) is 0.402. The summed E-state index contributed by atoms with van der Waals surface area (Å²) in [6, 6.07) is 15.6. The van der Waals surface area contributed by atoms with Gasteiger partial charge in [-0.2, -0.15) is 0 Å². The van der Waals surface area contributed by atoms with Gasteiger partial charge in [-0.15, -0.1) is 0 Å². The zero-order chi connectivity index (χ0) is 20.9. The number of amides is 2. The molecule has 1 aliphatic carbocycles. The van der Waals surface area contributed by atoms with Crippen molar-refractivity contribution in [3.8, 4) is 0 Å². The van der Waals surface area contributed by atoms with E-state index in [2.05, 4.69) is 14.9 Å². The Balaban J connectivity index is 1.85. The molecule has 5 aromatic rings. The number of hydrogen-bond donors (Lipinski definition) is 2. The lowest BCUT2D eigenvalue weighted by atomic mass is 9.97. The standard InChI is InChI=1S/C25H15N3O3/c29-13-10-9-12(11-13)28-17-8-4-2-6-15(17)19-21-20(24(30)27-25(21)31)18-14-5-1-3-7-16(14)26-22(18)23(19)28/h1-8,11,26H,9-10H2,(H,27,30,31). The first-order chi connectivity index (χ1) is 15.1. The van der Waals surface area contributed by atoms with Crippen LogP contribution in [0.25, 0.3) is 49.3 Å². The summed E-state index contributed by atoms with van der Waals surface area (Å²) in [6.45, 7) is 0. The van der Waals surface area contributed by atoms with E-state index in [1.54, 1.807) is 6.08 Å². The molecule has 0 unspecified atom stereocenters. The number of aromatic amines is 1. The van der Waals surface area contributed by atoms with E-state index in [-0.39, 0.29) is 17.6 Å². The molecular formula is C25H15N3O3. The lowest BCUT2D eigenvalue weighted by Crippen LogP contribution is -2.20. The van der Waals surface area contributed by atoms with Gasteiger partial charge >= 0.3 is 0 Å². The lowest BCUT2D eigenvalue weighted by molar-refractivity contribution is -0.114. The molecule has 0 atom stereocenters. The summed E-state index contributed by atoms with van der Waals surface area (Å²) >= 11 is 0. The van der Waals surface area contributed by atoms with E-state index in [4.69, 9.17) is 0 Å². The molecular weight excluding hydrogens is 390 g/mol. The molecule has 0 bridgehead atoms. The zero-order valence-electron chi connectivity index (χ0n) is 16.3. The molecule has 148 valence electrons. The topological polar surface area (TPSA) is 84.0 Å². The molecule has 0 fully saturated rings. The Morgan fingerprint density at radius 2 is 1.48 bits per heavy atom. The van der Waals surface area contributed by atoms with Gasteiger partial charge in [0.05, 0.1) is 27.7 Å². The second-order valence-corrected chi connectivity index (χ2v) is 8.13. The van der Waals surface area contributed by atoms with Crippen LogP contribution in [-0.4, -0.2) is 27.1 Å². The Hall–Kier alpha value is -4.19. The van der Waals surface area contributed by atoms with Gasteiger partial charge in [0.15, 0.2) is 5.78 Å². The summed E-state index contributed by atoms with van der Waals surface area (Å²) in [7, 11) is 0. The number of H-pyrrole nitrogens is 1. The first-order valence-electron chi connectivity index (χ1n) is 10.2. The average molecular weight is 405 g/mol. The number of nitrogens with zero attached hydrogens (tertiary/aromatic N) is 1. The number of carbonyl (C=O) groups is 3. The first kappa shape index (κ1) is 16.6. The van der Waals surface area contributed by atoms with E-state index >= 15 is 0 Å². The molecule has 0 radical (unpaired) electrons. The SMILES string of the molecule is O=C1C=C(n2c3ccccc3c3c4c(c5c6ccccc6[nH]c5c32)C(=O)NC4=O)CC1. The van der Waals surface area contributed by atoms with Gasteiger partial charge < -0.3 is 9.55 Å². The lowest BCUT2D eigenvalue weighted by Gasteiger charge is -2.10. The Labute approximate surface area is 175 Å². The monoisotopic (exact) mass is 405 g/mol. The molecule has 31 heavy (non-hydrogen) atoms. The van der Waals surface area contributed by atoms with Crippen LogP contribution in [0.3, 0.4) is 0 Å². The summed E-state index contributed by atoms with van der Waals surface area (Å²) in [5.74, 6) is -0.650. The molecule has 1 aliphatic heterocycles. The maximum atomic E-state index is 13.0. The van der Waals surface area contributed by atoms with Crippen LogP contribution in [0.1, 0.15) is 33.6 Å². The molecule has 0 saturated carbocycles. The van der Waals surface area contributed by atoms with Crippen LogP contribution in [0, 0.1) is 0 Å². The Kier molecular flexibility index (Phi) is 2.94. The minimum Gasteiger partial charge on any atom is -0.353 e. The number of ketones is 1. The van der Waals surface area contributed by atoms with Crippen molar-refractivity contribution in [3.63, 3.8) is 0 Å². The van der Waals surface area contributed by atoms with E-state index in [9.17, 15) is 14.4 Å². The van der Waals surface area contributed by atoms with Gasteiger partial charge in [0.25, 0.3) is 11.8 Å². The van der Waals surface area contributed by atoms with E-state index < -0.39 is 0 Å². The van der Waals surface area contributed by atoms with Gasteiger partial charge in [-0.3, -0.25) is 19.7 Å². The molecule has 0 spiro atoms. The fraction of sp³-hybridized carbons (Fsp3) is 0.0800. The van der Waals surface area contributed by atoms with Crippen LogP contribution in [0.4, 0.5) is 0 Å². The third-order valence-electron chi connectivity index (χ3n) is 6.49. The van der Waals surface area contributed by atoms with Crippen molar-refractivity contribution in [2.45, 2.75) is 12.8 Å². The van der Waals surface area contributed by atoms with Crippen LogP contribution in [0.15, 0.2) is 54.6 Å². The number of imide groups is 1. The van der Waals surface area contributed by atoms with Crippen molar-refractivity contribution in [3.05, 3.63) is 65.7 Å². The smallest absolute Gasteiger partial charge is 0.259 e. The molecule has 7 rings (SSSR count). The van der Waals surface area contributed by atoms with Crippen LogP contribution >= 0.6 is 0 Å². The molecule has 2 amide bonds. The molecule has 2 aromatic heterocycles. The van der Waals surface area contributed by atoms with Crippen LogP contribution in [-0.2, 0) is 4.79 Å². The Bertz CT molecular complexity index is 1710. The molecule has 0 saturated heterocycles. The van der Waals surface area contributed by atoms with Gasteiger partial charge in [0, 0.05) is 45.3 Å². The second kappa shape index (κ2) is 5.49. The maximum absolute atomic E-state index is 13.0. The van der Waals surface area contributed by atoms with Crippen LogP contribution in [0.5, 0.6) is 0 Å². The molecule has 2 N–H and O–H groups in total. The highest BCUT2D eigenvalue weighted by atomic mass is 16.2. The predicted molar refractivity (Wildman–Crippen MR) is 119 cm³/mol. The Morgan fingerprint density at radius 1 is 0.774 bits per heavy atom. The van der Waals surface area contributed by atoms with Gasteiger partial charge in [0.2, 0.25) is 0 Å². The number of aromatic nitrogens is 2. The molecule has 3 heterocycles. The highest BCUT2D eigenvalue weighted by molar-refractivity contribution is 6.39. The summed E-state index contributed by atoms with van der Waals surface area (Å²) < 4.78 is 2.09. The second-order valence-electron chi connectivity index (χ2n) is 8.13. The first-order valence-corrected chi connectivity index (χ1v) is 10.2. The maximum Gasteiger partial charge on any atom is 0.259 e. The van der Waals surface area contributed by atoms with Crippen molar-refractivity contribution >= 4 is 66.9 Å². The number of carbonyl (C=O) groups excluding carboxylic acids is 3. The molecule has 3 aromatic carbocycles. The summed E-state index contributed by atoms with van der Waals surface area (Å²) in [4.78, 5) is 41.5. The third kappa shape index (κ3) is 1.94. The highest BCUT2D eigenvalue weighted by Gasteiger charge is 2.36. The minimum atomic E-state index is -0.378. The summed E-state index contributed by atoms with van der Waals surface area (Å²) in [6.07, 6.45) is 2.80. The molecule has 6 nitrogen and oxygen atoms in total. The van der Waals surface area contributed by atoms with E-state index in [1.807, 2.05) is 48.5 Å². The number of benzene rings is 3. The summed E-state index contributed by atoms with van der Waals surface area (Å²) in [5, 5.41) is 5.78. The largest absolute Gasteiger partial charge is 0.353 e. The third-order valence-corrected chi connectivity index (χ3v) is 6.49. The summed E-state index contributed by atoms with van der Waals surface area (Å²) in [5.41, 5.74) is 5.18. The number of para-hydroxylation sites is 2. The van der Waals surface area contributed by atoms with Crippen molar-refractivity contribution in [1.82, 2.24) is 14.9 Å². The predicted octanol–water partition coefficient (Wildman–Crippen LogP) is 4.52. The average Bonchev–Trinajstić information content (AvgIpc) is 3.50. The zero-order valence-corrected chi connectivity index (χ0v) is 16.3. The number of nitrogens with one attached hydrogen (secondary N) is 2. The van der Waals surface area contributed by atoms with E-state index in [0.29, 0.717) is 24.0 Å². The fourth-order valence-corrected chi connectivity index (χ4v) is 5.30. The number of fused-ring (bicyclic) bond motifs is 10. The minimum absolute atomic E-state index is 0.0999. The van der Waals surface area contributed by atoms with Gasteiger partial charge in [-0.25, -0.2) is 0 Å². The van der Waals surface area contributed by atoms with Crippen molar-refractivity contribution in [1.29, 1.82) is 0 Å². The van der Waals surface area contributed by atoms with Gasteiger partial charge in [-0.1, -0.05) is 36.4 Å². The van der Waals surface area contributed by atoms with Crippen LogP contribution < -0.4 is 5.32 Å². The normalized spacial score (nSPS) is 16.1. The van der Waals surface area contributed by atoms with Crippen molar-refractivity contribution < 1.29 is 14.4 Å².